The molecule has 0 aliphatic carbocycles. The van der Waals surface area contributed by atoms with E-state index in [1.807, 2.05) is 12.1 Å². The Hall–Kier alpha value is -1.00. The van der Waals surface area contributed by atoms with E-state index >= 15 is 0 Å². The Morgan fingerprint density at radius 2 is 2.35 bits per heavy atom. The lowest BCUT2D eigenvalue weighted by Crippen LogP contribution is -2.30. The molecule has 0 bridgehead atoms. The summed E-state index contributed by atoms with van der Waals surface area (Å²) in [6, 6.07) is 7.26. The maximum absolute atomic E-state index is 12.2. The molecule has 2 rings (SSSR count). The van der Waals surface area contributed by atoms with Crippen LogP contribution in [0.2, 0.25) is 0 Å². The molecule has 1 fully saturated rings. The highest BCUT2D eigenvalue weighted by molar-refractivity contribution is 7.80. The molecule has 3 nitrogen and oxygen atoms in total. The van der Waals surface area contributed by atoms with Gasteiger partial charge in [0, 0.05) is 29.5 Å². The van der Waals surface area contributed by atoms with E-state index in [1.165, 1.54) is 0 Å². The standard InChI is InChI=1S/C13H17NO2S/c1-9(15)11-5-6-14(8-11)13(16)10-3-2-4-12(17)7-10/h2-4,7,9,11,15,17H,5-6,8H2,1H3. The third-order valence-electron chi connectivity index (χ3n) is 3.29. The van der Waals surface area contributed by atoms with Crippen molar-refractivity contribution in [2.45, 2.75) is 24.3 Å². The Morgan fingerprint density at radius 1 is 1.59 bits per heavy atom. The second kappa shape index (κ2) is 5.10. The molecule has 0 aromatic heterocycles. The van der Waals surface area contributed by atoms with Gasteiger partial charge in [0.05, 0.1) is 6.10 Å². The number of carbonyl (C=O) groups excluding carboxylic acids is 1. The molecule has 1 N–H and O–H groups in total. The highest BCUT2D eigenvalue weighted by Crippen LogP contribution is 2.22. The van der Waals surface area contributed by atoms with Gasteiger partial charge in [-0.15, -0.1) is 12.6 Å². The summed E-state index contributed by atoms with van der Waals surface area (Å²) in [5.41, 5.74) is 0.670. The van der Waals surface area contributed by atoms with Crippen molar-refractivity contribution < 1.29 is 9.90 Å². The zero-order valence-electron chi connectivity index (χ0n) is 9.84. The lowest BCUT2D eigenvalue weighted by molar-refractivity contribution is 0.0762. The van der Waals surface area contributed by atoms with E-state index in [0.717, 1.165) is 17.9 Å². The normalized spacial score (nSPS) is 21.6. The number of thiol groups is 1. The van der Waals surface area contributed by atoms with Gasteiger partial charge in [0.2, 0.25) is 0 Å². The molecule has 1 heterocycles. The highest BCUT2D eigenvalue weighted by atomic mass is 32.1. The molecule has 2 atom stereocenters. The van der Waals surface area contributed by atoms with E-state index in [-0.39, 0.29) is 17.9 Å². The minimum absolute atomic E-state index is 0.0315. The molecule has 2 unspecified atom stereocenters. The molecule has 1 amide bonds. The first-order chi connectivity index (χ1) is 8.08. The van der Waals surface area contributed by atoms with Crippen LogP contribution in [0, 0.1) is 5.92 Å². The van der Waals surface area contributed by atoms with Gasteiger partial charge in [-0.05, 0) is 31.5 Å². The third-order valence-corrected chi connectivity index (χ3v) is 3.57. The summed E-state index contributed by atoms with van der Waals surface area (Å²) < 4.78 is 0. The van der Waals surface area contributed by atoms with Crippen LogP contribution < -0.4 is 0 Å². The number of aliphatic hydroxyl groups excluding tert-OH is 1. The molecule has 0 spiro atoms. The maximum Gasteiger partial charge on any atom is 0.253 e. The average Bonchev–Trinajstić information content (AvgIpc) is 2.77. The molecule has 4 heteroatoms. The number of amides is 1. The van der Waals surface area contributed by atoms with Crippen molar-refractivity contribution >= 4 is 18.5 Å². The summed E-state index contributed by atoms with van der Waals surface area (Å²) in [6.45, 7) is 3.16. The van der Waals surface area contributed by atoms with Gasteiger partial charge in [-0.25, -0.2) is 0 Å². The van der Waals surface area contributed by atoms with Gasteiger partial charge in [0.1, 0.15) is 0 Å². The Balaban J connectivity index is 2.07. The van der Waals surface area contributed by atoms with E-state index in [9.17, 15) is 9.90 Å². The molecular weight excluding hydrogens is 234 g/mol. The summed E-state index contributed by atoms with van der Waals surface area (Å²) in [4.78, 5) is 14.8. The Labute approximate surface area is 107 Å². The molecule has 0 saturated carbocycles. The zero-order valence-corrected chi connectivity index (χ0v) is 10.7. The second-order valence-electron chi connectivity index (χ2n) is 4.59. The molecule has 1 aliphatic heterocycles. The van der Waals surface area contributed by atoms with E-state index < -0.39 is 0 Å². The summed E-state index contributed by atoms with van der Waals surface area (Å²) >= 11 is 4.23. The molecule has 92 valence electrons. The first-order valence-electron chi connectivity index (χ1n) is 5.84. The van der Waals surface area contributed by atoms with Crippen molar-refractivity contribution in [3.63, 3.8) is 0 Å². The Morgan fingerprint density at radius 3 is 2.94 bits per heavy atom. The van der Waals surface area contributed by atoms with Crippen LogP contribution in [0.5, 0.6) is 0 Å². The van der Waals surface area contributed by atoms with E-state index in [0.29, 0.717) is 12.1 Å². The smallest absolute Gasteiger partial charge is 0.253 e. The van der Waals surface area contributed by atoms with Crippen LogP contribution >= 0.6 is 12.6 Å². The predicted molar refractivity (Wildman–Crippen MR) is 69.4 cm³/mol. The number of nitrogens with zero attached hydrogens (tertiary/aromatic N) is 1. The van der Waals surface area contributed by atoms with Crippen LogP contribution in [0.25, 0.3) is 0 Å². The second-order valence-corrected chi connectivity index (χ2v) is 5.11. The lowest BCUT2D eigenvalue weighted by Gasteiger charge is -2.17. The van der Waals surface area contributed by atoms with Gasteiger partial charge >= 0.3 is 0 Å². The van der Waals surface area contributed by atoms with Crippen LogP contribution in [0.15, 0.2) is 29.2 Å². The summed E-state index contributed by atoms with van der Waals surface area (Å²) in [5.74, 6) is 0.238. The van der Waals surface area contributed by atoms with Crippen molar-refractivity contribution in [3.8, 4) is 0 Å². The van der Waals surface area contributed by atoms with E-state index in [2.05, 4.69) is 12.6 Å². The minimum atomic E-state index is -0.344. The minimum Gasteiger partial charge on any atom is -0.393 e. The molecule has 1 saturated heterocycles. The first kappa shape index (κ1) is 12.5. The number of hydrogen-bond donors (Lipinski definition) is 2. The Kier molecular flexibility index (Phi) is 3.74. The van der Waals surface area contributed by atoms with Crippen LogP contribution in [-0.2, 0) is 0 Å². The number of carbonyl (C=O) groups is 1. The molecule has 1 aliphatic rings. The van der Waals surface area contributed by atoms with E-state index in [1.54, 1.807) is 24.0 Å². The predicted octanol–water partition coefficient (Wildman–Crippen LogP) is 1.82. The number of likely N-dealkylation sites (tertiary alicyclic amines) is 1. The largest absolute Gasteiger partial charge is 0.393 e. The number of hydrogen-bond acceptors (Lipinski definition) is 3. The topological polar surface area (TPSA) is 40.5 Å². The van der Waals surface area contributed by atoms with Crippen molar-refractivity contribution in [1.29, 1.82) is 0 Å². The number of rotatable bonds is 2. The van der Waals surface area contributed by atoms with Crippen molar-refractivity contribution in [2.75, 3.05) is 13.1 Å². The van der Waals surface area contributed by atoms with Crippen LogP contribution in [0.3, 0.4) is 0 Å². The monoisotopic (exact) mass is 251 g/mol. The highest BCUT2D eigenvalue weighted by Gasteiger charge is 2.29. The van der Waals surface area contributed by atoms with Gasteiger partial charge in [0.25, 0.3) is 5.91 Å². The van der Waals surface area contributed by atoms with Crippen LogP contribution in [0.4, 0.5) is 0 Å². The zero-order chi connectivity index (χ0) is 12.4. The first-order valence-corrected chi connectivity index (χ1v) is 6.29. The molecule has 0 radical (unpaired) electrons. The quantitative estimate of drug-likeness (QED) is 0.787. The van der Waals surface area contributed by atoms with Crippen molar-refractivity contribution in [2.24, 2.45) is 5.92 Å². The van der Waals surface area contributed by atoms with Gasteiger partial charge < -0.3 is 10.0 Å². The van der Waals surface area contributed by atoms with E-state index in [4.69, 9.17) is 0 Å². The van der Waals surface area contributed by atoms with Crippen LogP contribution in [0.1, 0.15) is 23.7 Å². The van der Waals surface area contributed by atoms with Crippen LogP contribution in [-0.4, -0.2) is 35.1 Å². The summed E-state index contributed by atoms with van der Waals surface area (Å²) in [6.07, 6.45) is 0.535. The number of benzene rings is 1. The molecule has 1 aromatic rings. The molecule has 17 heavy (non-hydrogen) atoms. The summed E-state index contributed by atoms with van der Waals surface area (Å²) in [7, 11) is 0. The van der Waals surface area contributed by atoms with Gasteiger partial charge in [0.15, 0.2) is 0 Å². The van der Waals surface area contributed by atoms with Gasteiger partial charge in [-0.1, -0.05) is 6.07 Å². The third kappa shape index (κ3) is 2.82. The van der Waals surface area contributed by atoms with Gasteiger partial charge in [-0.2, -0.15) is 0 Å². The lowest BCUT2D eigenvalue weighted by atomic mass is 10.0. The molecule has 1 aromatic carbocycles. The fourth-order valence-electron chi connectivity index (χ4n) is 2.19. The fourth-order valence-corrected chi connectivity index (χ4v) is 2.41. The maximum atomic E-state index is 12.2. The number of aliphatic hydroxyl groups is 1. The summed E-state index contributed by atoms with van der Waals surface area (Å²) in [5, 5.41) is 9.52. The van der Waals surface area contributed by atoms with Gasteiger partial charge in [-0.3, -0.25) is 4.79 Å². The fraction of sp³-hybridized carbons (Fsp3) is 0.462. The average molecular weight is 251 g/mol. The Bertz CT molecular complexity index is 420. The SMILES string of the molecule is CC(O)C1CCN(C(=O)c2cccc(S)c2)C1. The van der Waals surface area contributed by atoms with Crippen molar-refractivity contribution in [3.05, 3.63) is 29.8 Å². The molecular formula is C13H17NO2S. The van der Waals surface area contributed by atoms with Crippen molar-refractivity contribution in [1.82, 2.24) is 4.90 Å².